The fourth-order valence-corrected chi connectivity index (χ4v) is 2.13. The van der Waals surface area contributed by atoms with Crippen LogP contribution in [0.1, 0.15) is 19.4 Å². The van der Waals surface area contributed by atoms with E-state index in [2.05, 4.69) is 29.1 Å². The van der Waals surface area contributed by atoms with Gasteiger partial charge < -0.3 is 5.32 Å². The van der Waals surface area contributed by atoms with Crippen molar-refractivity contribution in [1.29, 1.82) is 0 Å². The maximum atomic E-state index is 5.97. The lowest BCUT2D eigenvalue weighted by Crippen LogP contribution is -2.21. The molecule has 1 heterocycles. The standard InChI is InChI=1S/C14H15Cl2N3/c1-9(2)17-6-10-7-18-14(19-8-10)11-3-12(15)5-13(16)4-11/h3-5,7-9,17H,6H2,1-2H3. The van der Waals surface area contributed by atoms with Crippen molar-refractivity contribution in [3.05, 3.63) is 46.2 Å². The Labute approximate surface area is 123 Å². The summed E-state index contributed by atoms with van der Waals surface area (Å²) < 4.78 is 0. The zero-order valence-electron chi connectivity index (χ0n) is 10.8. The minimum absolute atomic E-state index is 0.436. The first-order valence-corrected chi connectivity index (χ1v) is 6.81. The van der Waals surface area contributed by atoms with Crippen molar-refractivity contribution in [2.24, 2.45) is 0 Å². The van der Waals surface area contributed by atoms with Crippen LogP contribution in [0, 0.1) is 0 Å². The van der Waals surface area contributed by atoms with E-state index in [0.29, 0.717) is 21.9 Å². The molecule has 0 unspecified atom stereocenters. The molecule has 0 aliphatic carbocycles. The number of halogens is 2. The molecule has 5 heteroatoms. The van der Waals surface area contributed by atoms with Gasteiger partial charge in [0.05, 0.1) is 0 Å². The van der Waals surface area contributed by atoms with Gasteiger partial charge in [-0.25, -0.2) is 9.97 Å². The van der Waals surface area contributed by atoms with Crippen LogP contribution in [0.4, 0.5) is 0 Å². The van der Waals surface area contributed by atoms with E-state index in [1.165, 1.54) is 0 Å². The molecule has 1 aromatic carbocycles. The van der Waals surface area contributed by atoms with Crippen molar-refractivity contribution >= 4 is 23.2 Å². The van der Waals surface area contributed by atoms with Crippen LogP contribution in [0.3, 0.4) is 0 Å². The lowest BCUT2D eigenvalue weighted by Gasteiger charge is -2.08. The number of rotatable bonds is 4. The average Bonchev–Trinajstić information content (AvgIpc) is 2.36. The lowest BCUT2D eigenvalue weighted by atomic mass is 10.2. The summed E-state index contributed by atoms with van der Waals surface area (Å²) in [6.07, 6.45) is 3.62. The zero-order valence-corrected chi connectivity index (χ0v) is 12.3. The Morgan fingerprint density at radius 3 is 2.16 bits per heavy atom. The largest absolute Gasteiger partial charge is 0.310 e. The highest BCUT2D eigenvalue weighted by Crippen LogP contribution is 2.24. The molecule has 100 valence electrons. The first kappa shape index (κ1) is 14.3. The fourth-order valence-electron chi connectivity index (χ4n) is 1.60. The van der Waals surface area contributed by atoms with Gasteiger partial charge in [-0.1, -0.05) is 37.0 Å². The summed E-state index contributed by atoms with van der Waals surface area (Å²) in [7, 11) is 0. The number of hydrogen-bond acceptors (Lipinski definition) is 3. The topological polar surface area (TPSA) is 37.8 Å². The molecule has 0 amide bonds. The minimum atomic E-state index is 0.436. The molecule has 2 aromatic rings. The third kappa shape index (κ3) is 4.16. The van der Waals surface area contributed by atoms with E-state index < -0.39 is 0 Å². The van der Waals surface area contributed by atoms with Crippen LogP contribution in [-0.4, -0.2) is 16.0 Å². The summed E-state index contributed by atoms with van der Waals surface area (Å²) in [6, 6.07) is 5.73. The Kier molecular flexibility index (Phi) is 4.75. The molecule has 0 spiro atoms. The Bertz CT molecular complexity index is 533. The fraction of sp³-hybridized carbons (Fsp3) is 0.286. The van der Waals surface area contributed by atoms with Crippen LogP contribution in [0.2, 0.25) is 10.0 Å². The monoisotopic (exact) mass is 295 g/mol. The molecular formula is C14H15Cl2N3. The van der Waals surface area contributed by atoms with Crippen molar-refractivity contribution in [2.75, 3.05) is 0 Å². The van der Waals surface area contributed by atoms with Gasteiger partial charge in [-0.15, -0.1) is 0 Å². The van der Waals surface area contributed by atoms with E-state index in [0.717, 1.165) is 17.7 Å². The van der Waals surface area contributed by atoms with E-state index in [1.807, 2.05) is 12.4 Å². The van der Waals surface area contributed by atoms with Gasteiger partial charge in [-0.2, -0.15) is 0 Å². The van der Waals surface area contributed by atoms with E-state index in [4.69, 9.17) is 23.2 Å². The summed E-state index contributed by atoms with van der Waals surface area (Å²) in [5.41, 5.74) is 1.87. The molecule has 3 nitrogen and oxygen atoms in total. The first-order chi connectivity index (χ1) is 9.04. The highest BCUT2D eigenvalue weighted by atomic mass is 35.5. The third-order valence-corrected chi connectivity index (χ3v) is 2.98. The van der Waals surface area contributed by atoms with Crippen molar-refractivity contribution in [1.82, 2.24) is 15.3 Å². The lowest BCUT2D eigenvalue weighted by molar-refractivity contribution is 0.587. The van der Waals surface area contributed by atoms with Gasteiger partial charge in [0.1, 0.15) is 0 Å². The Balaban J connectivity index is 2.17. The summed E-state index contributed by atoms with van der Waals surface area (Å²) in [5, 5.41) is 4.48. The molecule has 0 aliphatic heterocycles. The highest BCUT2D eigenvalue weighted by molar-refractivity contribution is 6.35. The summed E-state index contributed by atoms with van der Waals surface area (Å²) in [5.74, 6) is 0.623. The Hall–Kier alpha value is -1.16. The third-order valence-electron chi connectivity index (χ3n) is 2.54. The number of nitrogens with zero attached hydrogens (tertiary/aromatic N) is 2. The van der Waals surface area contributed by atoms with Gasteiger partial charge in [0.25, 0.3) is 0 Å². The molecule has 2 rings (SSSR count). The summed E-state index contributed by atoms with van der Waals surface area (Å²) >= 11 is 11.9. The molecule has 19 heavy (non-hydrogen) atoms. The van der Waals surface area contributed by atoms with Crippen LogP contribution in [0.5, 0.6) is 0 Å². The number of benzene rings is 1. The molecular weight excluding hydrogens is 281 g/mol. The molecule has 1 N–H and O–H groups in total. The second-order valence-electron chi connectivity index (χ2n) is 4.61. The molecule has 0 atom stereocenters. The second kappa shape index (κ2) is 6.33. The molecule has 0 bridgehead atoms. The SMILES string of the molecule is CC(C)NCc1cnc(-c2cc(Cl)cc(Cl)c2)nc1. The van der Waals surface area contributed by atoms with Crippen LogP contribution < -0.4 is 5.32 Å². The molecule has 1 aromatic heterocycles. The second-order valence-corrected chi connectivity index (χ2v) is 5.48. The van der Waals surface area contributed by atoms with Crippen molar-refractivity contribution in [3.8, 4) is 11.4 Å². The summed E-state index contributed by atoms with van der Waals surface area (Å²) in [4.78, 5) is 8.68. The van der Waals surface area contributed by atoms with Crippen molar-refractivity contribution in [2.45, 2.75) is 26.4 Å². The maximum absolute atomic E-state index is 5.97. The van der Waals surface area contributed by atoms with Crippen LogP contribution >= 0.6 is 23.2 Å². The first-order valence-electron chi connectivity index (χ1n) is 6.05. The maximum Gasteiger partial charge on any atom is 0.159 e. The van der Waals surface area contributed by atoms with Crippen molar-refractivity contribution in [3.63, 3.8) is 0 Å². The van der Waals surface area contributed by atoms with Crippen LogP contribution in [-0.2, 0) is 6.54 Å². The number of hydrogen-bond donors (Lipinski definition) is 1. The van der Waals surface area contributed by atoms with E-state index >= 15 is 0 Å². The predicted molar refractivity (Wildman–Crippen MR) is 79.5 cm³/mol. The molecule has 0 aliphatic rings. The molecule has 0 radical (unpaired) electrons. The highest BCUT2D eigenvalue weighted by Gasteiger charge is 2.04. The van der Waals surface area contributed by atoms with Gasteiger partial charge in [0.15, 0.2) is 5.82 Å². The smallest absolute Gasteiger partial charge is 0.159 e. The Morgan fingerprint density at radius 2 is 1.63 bits per heavy atom. The normalized spacial score (nSPS) is 11.0. The van der Waals surface area contributed by atoms with Gasteiger partial charge in [-0.3, -0.25) is 0 Å². The number of aromatic nitrogens is 2. The van der Waals surface area contributed by atoms with Gasteiger partial charge in [0, 0.05) is 46.2 Å². The number of nitrogens with one attached hydrogen (secondary N) is 1. The van der Waals surface area contributed by atoms with E-state index in [1.54, 1.807) is 18.2 Å². The van der Waals surface area contributed by atoms with Gasteiger partial charge in [0.2, 0.25) is 0 Å². The van der Waals surface area contributed by atoms with Gasteiger partial charge >= 0.3 is 0 Å². The predicted octanol–water partition coefficient (Wildman–Crippen LogP) is 3.95. The van der Waals surface area contributed by atoms with Gasteiger partial charge in [-0.05, 0) is 18.2 Å². The van der Waals surface area contributed by atoms with Crippen LogP contribution in [0.25, 0.3) is 11.4 Å². The Morgan fingerprint density at radius 1 is 1.05 bits per heavy atom. The summed E-state index contributed by atoms with van der Waals surface area (Å²) in [6.45, 7) is 4.96. The zero-order chi connectivity index (χ0) is 13.8. The molecule has 0 fully saturated rings. The quantitative estimate of drug-likeness (QED) is 0.928. The minimum Gasteiger partial charge on any atom is -0.310 e. The van der Waals surface area contributed by atoms with Crippen molar-refractivity contribution < 1.29 is 0 Å². The average molecular weight is 296 g/mol. The van der Waals surface area contributed by atoms with E-state index in [-0.39, 0.29) is 0 Å². The molecule has 0 saturated carbocycles. The van der Waals surface area contributed by atoms with E-state index in [9.17, 15) is 0 Å². The van der Waals surface area contributed by atoms with Crippen LogP contribution in [0.15, 0.2) is 30.6 Å². The molecule has 0 saturated heterocycles.